The quantitative estimate of drug-likeness (QED) is 0.527. The van der Waals surface area contributed by atoms with Gasteiger partial charge in [0.25, 0.3) is 0 Å². The number of hydrogen-bond donors (Lipinski definition) is 2. The summed E-state index contributed by atoms with van der Waals surface area (Å²) < 4.78 is 18.3. The van der Waals surface area contributed by atoms with E-state index in [0.29, 0.717) is 41.9 Å². The van der Waals surface area contributed by atoms with Gasteiger partial charge in [-0.1, -0.05) is 19.3 Å². The fourth-order valence-corrected chi connectivity index (χ4v) is 4.49. The number of aromatic nitrogens is 3. The molecule has 0 spiro atoms. The van der Waals surface area contributed by atoms with Gasteiger partial charge in [-0.15, -0.1) is 0 Å². The maximum atomic E-state index is 12.5. The Morgan fingerprint density at radius 1 is 1.09 bits per heavy atom. The summed E-state index contributed by atoms with van der Waals surface area (Å²) in [5.74, 6) is 2.38. The van der Waals surface area contributed by atoms with Gasteiger partial charge in [0.05, 0.1) is 27.0 Å². The smallest absolute Gasteiger partial charge is 0.319 e. The molecule has 1 aliphatic carbocycles. The van der Waals surface area contributed by atoms with E-state index in [0.717, 1.165) is 29.8 Å². The number of benzene rings is 1. The average molecular weight is 454 g/mol. The lowest BCUT2D eigenvalue weighted by atomic mass is 9.95. The van der Waals surface area contributed by atoms with Crippen molar-refractivity contribution in [2.24, 2.45) is 0 Å². The summed E-state index contributed by atoms with van der Waals surface area (Å²) >= 11 is 0. The first-order chi connectivity index (χ1) is 16.1. The number of nitrogens with one attached hydrogen (secondary N) is 2. The first kappa shape index (κ1) is 22.7. The summed E-state index contributed by atoms with van der Waals surface area (Å²) in [7, 11) is 4.61. The molecule has 2 heterocycles. The third-order valence-electron chi connectivity index (χ3n) is 6.02. The Bertz CT molecular complexity index is 1080. The third kappa shape index (κ3) is 4.97. The highest BCUT2D eigenvalue weighted by molar-refractivity contribution is 5.90. The number of hydrogen-bond acceptors (Lipinski definition) is 6. The van der Waals surface area contributed by atoms with Gasteiger partial charge in [0.15, 0.2) is 17.1 Å². The van der Waals surface area contributed by atoms with Crippen molar-refractivity contribution in [3.05, 3.63) is 36.3 Å². The first-order valence-electron chi connectivity index (χ1n) is 11.3. The number of anilines is 1. The molecule has 3 aromatic rings. The van der Waals surface area contributed by atoms with E-state index in [2.05, 4.69) is 20.2 Å². The Kier molecular flexibility index (Phi) is 7.16. The van der Waals surface area contributed by atoms with Crippen molar-refractivity contribution < 1.29 is 19.0 Å². The molecule has 9 heteroatoms. The molecule has 2 amide bonds. The fourth-order valence-electron chi connectivity index (χ4n) is 4.49. The molecular weight excluding hydrogens is 422 g/mol. The third-order valence-corrected chi connectivity index (χ3v) is 6.02. The summed E-state index contributed by atoms with van der Waals surface area (Å²) in [5.41, 5.74) is 2.38. The number of ether oxygens (including phenoxy) is 3. The van der Waals surface area contributed by atoms with E-state index in [-0.39, 0.29) is 6.03 Å². The highest BCUT2D eigenvalue weighted by atomic mass is 16.5. The molecule has 176 valence electrons. The molecule has 4 rings (SSSR count). The van der Waals surface area contributed by atoms with Gasteiger partial charge < -0.3 is 29.4 Å². The first-order valence-corrected chi connectivity index (χ1v) is 11.3. The molecule has 1 aliphatic rings. The summed E-state index contributed by atoms with van der Waals surface area (Å²) in [4.78, 5) is 21.9. The lowest BCUT2D eigenvalue weighted by molar-refractivity contribution is 0.252. The Balaban J connectivity index is 1.43. The molecule has 1 aromatic carbocycles. The summed E-state index contributed by atoms with van der Waals surface area (Å²) in [6, 6.07) is 7.39. The van der Waals surface area contributed by atoms with E-state index in [4.69, 9.17) is 19.2 Å². The summed E-state index contributed by atoms with van der Waals surface area (Å²) in [6.45, 7) is 0.451. The van der Waals surface area contributed by atoms with Crippen LogP contribution in [-0.4, -0.2) is 48.4 Å². The number of carbonyl (C=O) groups excluding carboxylic acids is 1. The van der Waals surface area contributed by atoms with Crippen LogP contribution in [0.15, 0.2) is 30.5 Å². The number of pyridine rings is 1. The second kappa shape index (κ2) is 10.4. The standard InChI is InChI=1S/C24H31N5O4/c1-31-19-14-16(15-20(32-2)22(19)33-3)27-24(30)26-13-11-21-28-18-10-7-12-25-23(18)29(21)17-8-5-4-6-9-17/h7,10,12,14-15,17H,4-6,8-9,11,13H2,1-3H3,(H2,26,27,30). The van der Waals surface area contributed by atoms with Crippen LogP contribution < -0.4 is 24.8 Å². The topological polar surface area (TPSA) is 99.5 Å². The Morgan fingerprint density at radius 3 is 2.48 bits per heavy atom. The number of amides is 2. The van der Waals surface area contributed by atoms with Crippen LogP contribution >= 0.6 is 0 Å². The van der Waals surface area contributed by atoms with Crippen molar-refractivity contribution in [1.82, 2.24) is 19.9 Å². The van der Waals surface area contributed by atoms with Gasteiger partial charge in [-0.25, -0.2) is 14.8 Å². The molecule has 2 N–H and O–H groups in total. The second-order valence-electron chi connectivity index (χ2n) is 8.08. The monoisotopic (exact) mass is 453 g/mol. The normalized spacial score (nSPS) is 14.2. The molecule has 0 radical (unpaired) electrons. The predicted molar refractivity (Wildman–Crippen MR) is 126 cm³/mol. The van der Waals surface area contributed by atoms with Crippen molar-refractivity contribution in [2.75, 3.05) is 33.2 Å². The zero-order valence-corrected chi connectivity index (χ0v) is 19.4. The predicted octanol–water partition coefficient (Wildman–Crippen LogP) is 4.33. The maximum absolute atomic E-state index is 12.5. The molecule has 9 nitrogen and oxygen atoms in total. The Morgan fingerprint density at radius 2 is 1.82 bits per heavy atom. The van der Waals surface area contributed by atoms with Crippen molar-refractivity contribution in [2.45, 2.75) is 44.6 Å². The van der Waals surface area contributed by atoms with Gasteiger partial charge in [0, 0.05) is 37.3 Å². The molecule has 0 bridgehead atoms. The van der Waals surface area contributed by atoms with E-state index in [9.17, 15) is 4.79 Å². The van der Waals surface area contributed by atoms with Crippen LogP contribution in [0.25, 0.3) is 11.2 Å². The second-order valence-corrected chi connectivity index (χ2v) is 8.08. The number of imidazole rings is 1. The van der Waals surface area contributed by atoms with E-state index in [1.54, 1.807) is 12.1 Å². The number of rotatable bonds is 8. The lowest BCUT2D eigenvalue weighted by Gasteiger charge is -2.25. The van der Waals surface area contributed by atoms with E-state index < -0.39 is 0 Å². The number of nitrogens with zero attached hydrogens (tertiary/aromatic N) is 3. The van der Waals surface area contributed by atoms with Crippen LogP contribution in [0, 0.1) is 0 Å². The van der Waals surface area contributed by atoms with Gasteiger partial charge in [0.2, 0.25) is 5.75 Å². The van der Waals surface area contributed by atoms with Gasteiger partial charge in [-0.2, -0.15) is 0 Å². The molecule has 2 aromatic heterocycles. The minimum atomic E-state index is -0.317. The van der Waals surface area contributed by atoms with Gasteiger partial charge in [-0.3, -0.25) is 0 Å². The number of carbonyl (C=O) groups is 1. The molecule has 0 atom stereocenters. The minimum absolute atomic E-state index is 0.317. The van der Waals surface area contributed by atoms with Crippen LogP contribution in [0.4, 0.5) is 10.5 Å². The number of urea groups is 1. The van der Waals surface area contributed by atoms with Crippen LogP contribution in [0.5, 0.6) is 17.2 Å². The van der Waals surface area contributed by atoms with Gasteiger partial charge in [-0.05, 0) is 25.0 Å². The van der Waals surface area contributed by atoms with Gasteiger partial charge >= 0.3 is 6.03 Å². The Labute approximate surface area is 193 Å². The van der Waals surface area contributed by atoms with E-state index >= 15 is 0 Å². The van der Waals surface area contributed by atoms with Crippen LogP contribution in [0.1, 0.15) is 44.0 Å². The fraction of sp³-hybridized carbons (Fsp3) is 0.458. The number of fused-ring (bicyclic) bond motifs is 1. The van der Waals surface area contributed by atoms with E-state index in [1.807, 2.05) is 18.3 Å². The average Bonchev–Trinajstić information content (AvgIpc) is 3.22. The Hall–Kier alpha value is -3.49. The lowest BCUT2D eigenvalue weighted by Crippen LogP contribution is -2.31. The summed E-state index contributed by atoms with van der Waals surface area (Å²) in [6.07, 6.45) is 8.46. The molecule has 0 saturated heterocycles. The molecule has 1 saturated carbocycles. The van der Waals surface area contributed by atoms with Crippen LogP contribution in [-0.2, 0) is 6.42 Å². The SMILES string of the molecule is COc1cc(NC(=O)NCCc2nc3cccnc3n2C2CCCCC2)cc(OC)c1OC. The minimum Gasteiger partial charge on any atom is -0.493 e. The zero-order valence-electron chi connectivity index (χ0n) is 19.4. The van der Waals surface area contributed by atoms with Crippen molar-refractivity contribution >= 4 is 22.9 Å². The maximum Gasteiger partial charge on any atom is 0.319 e. The molecular formula is C24H31N5O4. The largest absolute Gasteiger partial charge is 0.493 e. The van der Waals surface area contributed by atoms with Crippen molar-refractivity contribution in [3.8, 4) is 17.2 Å². The number of methoxy groups -OCH3 is 3. The van der Waals surface area contributed by atoms with Crippen molar-refractivity contribution in [1.29, 1.82) is 0 Å². The van der Waals surface area contributed by atoms with Crippen LogP contribution in [0.3, 0.4) is 0 Å². The highest BCUT2D eigenvalue weighted by Crippen LogP contribution is 2.40. The van der Waals surface area contributed by atoms with Crippen LogP contribution in [0.2, 0.25) is 0 Å². The molecule has 1 fully saturated rings. The van der Waals surface area contributed by atoms with Gasteiger partial charge in [0.1, 0.15) is 11.3 Å². The zero-order chi connectivity index (χ0) is 23.2. The summed E-state index contributed by atoms with van der Waals surface area (Å²) in [5, 5.41) is 5.75. The highest BCUT2D eigenvalue weighted by Gasteiger charge is 2.22. The molecule has 0 unspecified atom stereocenters. The molecule has 33 heavy (non-hydrogen) atoms. The van der Waals surface area contributed by atoms with Crippen molar-refractivity contribution in [3.63, 3.8) is 0 Å². The van der Waals surface area contributed by atoms with E-state index in [1.165, 1.54) is 40.6 Å². The molecule has 0 aliphatic heterocycles.